The number of rotatable bonds is 3. The first kappa shape index (κ1) is 16.4. The van der Waals surface area contributed by atoms with Crippen LogP contribution in [0.15, 0.2) is 18.2 Å². The molecule has 2 unspecified atom stereocenters. The van der Waals surface area contributed by atoms with E-state index >= 15 is 0 Å². The summed E-state index contributed by atoms with van der Waals surface area (Å²) in [6.45, 7) is 3.63. The molecule has 3 N–H and O–H groups in total. The van der Waals surface area contributed by atoms with E-state index in [1.54, 1.807) is 0 Å². The van der Waals surface area contributed by atoms with Crippen LogP contribution in [0.5, 0.6) is 11.5 Å². The zero-order chi connectivity index (χ0) is 16.9. The normalized spacial score (nSPS) is 21.2. The third kappa shape index (κ3) is 3.90. The summed E-state index contributed by atoms with van der Waals surface area (Å²) in [4.78, 5) is 24.1. The molecular formula is C17H23N3O4. The van der Waals surface area contributed by atoms with Crippen molar-refractivity contribution in [2.24, 2.45) is 0 Å². The third-order valence-electron chi connectivity index (χ3n) is 4.25. The second-order valence-electron chi connectivity index (χ2n) is 6.08. The fourth-order valence-corrected chi connectivity index (χ4v) is 2.89. The number of nitrogens with one attached hydrogen (secondary N) is 3. The lowest BCUT2D eigenvalue weighted by Crippen LogP contribution is -2.49. The Kier molecular flexibility index (Phi) is 5.08. The Morgan fingerprint density at radius 2 is 2.04 bits per heavy atom. The molecule has 130 valence electrons. The van der Waals surface area contributed by atoms with Crippen LogP contribution in [0.3, 0.4) is 0 Å². The Labute approximate surface area is 141 Å². The summed E-state index contributed by atoms with van der Waals surface area (Å²) in [5.74, 6) is 1.29. The first-order valence-corrected chi connectivity index (χ1v) is 8.38. The van der Waals surface area contributed by atoms with Gasteiger partial charge in [-0.2, -0.15) is 0 Å². The highest BCUT2D eigenvalue weighted by Gasteiger charge is 2.23. The second-order valence-corrected chi connectivity index (χ2v) is 6.08. The van der Waals surface area contributed by atoms with E-state index in [0.717, 1.165) is 24.2 Å². The smallest absolute Gasteiger partial charge is 0.315 e. The molecule has 2 aliphatic rings. The van der Waals surface area contributed by atoms with Gasteiger partial charge < -0.3 is 25.4 Å². The van der Waals surface area contributed by atoms with Crippen molar-refractivity contribution < 1.29 is 19.1 Å². The van der Waals surface area contributed by atoms with Gasteiger partial charge in [0.15, 0.2) is 11.5 Å². The topological polar surface area (TPSA) is 88.7 Å². The molecule has 2 aliphatic heterocycles. The average molecular weight is 333 g/mol. The molecule has 2 atom stereocenters. The first-order valence-electron chi connectivity index (χ1n) is 8.38. The van der Waals surface area contributed by atoms with Gasteiger partial charge in [-0.15, -0.1) is 0 Å². The largest absolute Gasteiger partial charge is 0.486 e. The van der Waals surface area contributed by atoms with Gasteiger partial charge >= 0.3 is 6.03 Å². The number of fused-ring (bicyclic) bond motifs is 1. The van der Waals surface area contributed by atoms with Crippen LogP contribution in [0.4, 0.5) is 4.79 Å². The minimum Gasteiger partial charge on any atom is -0.486 e. The van der Waals surface area contributed by atoms with Crippen molar-refractivity contribution in [3.8, 4) is 11.5 Å². The lowest BCUT2D eigenvalue weighted by molar-refractivity contribution is -0.122. The lowest BCUT2D eigenvalue weighted by Gasteiger charge is -2.22. The summed E-state index contributed by atoms with van der Waals surface area (Å²) >= 11 is 0. The number of hydrogen-bond donors (Lipinski definition) is 3. The molecule has 0 spiro atoms. The zero-order valence-corrected chi connectivity index (χ0v) is 13.8. The molecule has 0 bridgehead atoms. The van der Waals surface area contributed by atoms with Gasteiger partial charge in [-0.05, 0) is 43.9 Å². The maximum atomic E-state index is 12.2. The fraction of sp³-hybridized carbons (Fsp3) is 0.529. The van der Waals surface area contributed by atoms with E-state index in [4.69, 9.17) is 9.47 Å². The van der Waals surface area contributed by atoms with Crippen molar-refractivity contribution >= 4 is 11.9 Å². The molecule has 1 aromatic carbocycles. The number of urea groups is 1. The molecule has 1 fully saturated rings. The molecule has 1 saturated heterocycles. The molecule has 3 rings (SSSR count). The van der Waals surface area contributed by atoms with E-state index in [-0.39, 0.29) is 18.0 Å². The van der Waals surface area contributed by atoms with Gasteiger partial charge in [-0.25, -0.2) is 4.79 Å². The number of amides is 3. The van der Waals surface area contributed by atoms with Gasteiger partial charge in [0, 0.05) is 6.54 Å². The molecule has 2 heterocycles. The van der Waals surface area contributed by atoms with Gasteiger partial charge in [0.05, 0.1) is 6.04 Å². The summed E-state index contributed by atoms with van der Waals surface area (Å²) in [5, 5.41) is 8.43. The molecule has 0 radical (unpaired) electrons. The number of hydrogen-bond acceptors (Lipinski definition) is 4. The van der Waals surface area contributed by atoms with Crippen molar-refractivity contribution in [1.29, 1.82) is 0 Å². The molecule has 24 heavy (non-hydrogen) atoms. The van der Waals surface area contributed by atoms with Gasteiger partial charge in [0.25, 0.3) is 0 Å². The van der Waals surface area contributed by atoms with Gasteiger partial charge in [0.2, 0.25) is 5.91 Å². The van der Waals surface area contributed by atoms with Crippen LogP contribution in [-0.2, 0) is 4.79 Å². The summed E-state index contributed by atoms with van der Waals surface area (Å²) in [7, 11) is 0. The van der Waals surface area contributed by atoms with E-state index in [9.17, 15) is 9.59 Å². The first-order chi connectivity index (χ1) is 11.6. The van der Waals surface area contributed by atoms with Crippen LogP contribution in [0, 0.1) is 0 Å². The van der Waals surface area contributed by atoms with Crippen molar-refractivity contribution in [1.82, 2.24) is 16.0 Å². The lowest BCUT2D eigenvalue weighted by atomic mass is 10.1. The third-order valence-corrected chi connectivity index (χ3v) is 4.25. The van der Waals surface area contributed by atoms with Crippen molar-refractivity contribution in [2.75, 3.05) is 19.8 Å². The molecule has 0 aliphatic carbocycles. The number of ether oxygens (including phenoxy) is 2. The number of benzene rings is 1. The van der Waals surface area contributed by atoms with Crippen LogP contribution in [-0.4, -0.2) is 37.7 Å². The minimum absolute atomic E-state index is 0.116. The van der Waals surface area contributed by atoms with Crippen LogP contribution >= 0.6 is 0 Å². The predicted molar refractivity (Wildman–Crippen MR) is 88.2 cm³/mol. The summed E-state index contributed by atoms with van der Waals surface area (Å²) in [5.41, 5.74) is 0.916. The average Bonchev–Trinajstić information content (AvgIpc) is 2.79. The Bertz CT molecular complexity index is 620. The van der Waals surface area contributed by atoms with E-state index < -0.39 is 6.04 Å². The van der Waals surface area contributed by atoms with Crippen molar-refractivity contribution in [3.05, 3.63) is 23.8 Å². The number of carbonyl (C=O) groups excluding carboxylic acids is 2. The van der Waals surface area contributed by atoms with Gasteiger partial charge in [-0.1, -0.05) is 6.07 Å². The SMILES string of the molecule is CC(NC(=O)NC1CCCCNC1=O)c1ccc2c(c1)OCCO2. The van der Waals surface area contributed by atoms with Crippen molar-refractivity contribution in [3.63, 3.8) is 0 Å². The van der Waals surface area contributed by atoms with Crippen LogP contribution < -0.4 is 25.4 Å². The van der Waals surface area contributed by atoms with E-state index in [0.29, 0.717) is 31.9 Å². The monoisotopic (exact) mass is 333 g/mol. The predicted octanol–water partition coefficient (Wildman–Crippen LogP) is 1.49. The summed E-state index contributed by atoms with van der Waals surface area (Å²) < 4.78 is 11.1. The fourth-order valence-electron chi connectivity index (χ4n) is 2.89. The van der Waals surface area contributed by atoms with E-state index in [1.807, 2.05) is 25.1 Å². The molecule has 1 aromatic rings. The molecule has 0 aromatic heterocycles. The molecular weight excluding hydrogens is 310 g/mol. The minimum atomic E-state index is -0.472. The highest BCUT2D eigenvalue weighted by atomic mass is 16.6. The molecule has 3 amide bonds. The zero-order valence-electron chi connectivity index (χ0n) is 13.8. The van der Waals surface area contributed by atoms with Crippen LogP contribution in [0.1, 0.15) is 37.8 Å². The van der Waals surface area contributed by atoms with Gasteiger partial charge in [0.1, 0.15) is 19.3 Å². The van der Waals surface area contributed by atoms with E-state index in [2.05, 4.69) is 16.0 Å². The van der Waals surface area contributed by atoms with Crippen LogP contribution in [0.2, 0.25) is 0 Å². The molecule has 0 saturated carbocycles. The number of carbonyl (C=O) groups is 2. The Hall–Kier alpha value is -2.44. The summed E-state index contributed by atoms with van der Waals surface area (Å²) in [6.07, 6.45) is 2.53. The van der Waals surface area contributed by atoms with Crippen LogP contribution in [0.25, 0.3) is 0 Å². The molecule has 7 heteroatoms. The molecule has 7 nitrogen and oxygen atoms in total. The Balaban J connectivity index is 1.58. The van der Waals surface area contributed by atoms with E-state index in [1.165, 1.54) is 0 Å². The maximum absolute atomic E-state index is 12.2. The standard InChI is InChI=1S/C17H23N3O4/c1-11(12-5-6-14-15(10-12)24-9-8-23-14)19-17(22)20-13-4-2-3-7-18-16(13)21/h5-6,10-11,13H,2-4,7-9H2,1H3,(H,18,21)(H2,19,20,22). The van der Waals surface area contributed by atoms with Crippen molar-refractivity contribution in [2.45, 2.75) is 38.3 Å². The maximum Gasteiger partial charge on any atom is 0.315 e. The Morgan fingerprint density at radius 3 is 2.88 bits per heavy atom. The quantitative estimate of drug-likeness (QED) is 0.782. The summed E-state index contributed by atoms with van der Waals surface area (Å²) in [6, 6.07) is 4.59. The highest BCUT2D eigenvalue weighted by Crippen LogP contribution is 2.32. The second kappa shape index (κ2) is 7.42. The highest BCUT2D eigenvalue weighted by molar-refractivity contribution is 5.87. The van der Waals surface area contributed by atoms with Gasteiger partial charge in [-0.3, -0.25) is 4.79 Å². The Morgan fingerprint density at radius 1 is 1.25 bits per heavy atom.